The van der Waals surface area contributed by atoms with E-state index in [0.29, 0.717) is 30.4 Å². The van der Waals surface area contributed by atoms with Gasteiger partial charge in [-0.1, -0.05) is 31.2 Å². The van der Waals surface area contributed by atoms with E-state index in [1.54, 1.807) is 4.57 Å². The van der Waals surface area contributed by atoms with Crippen molar-refractivity contribution in [1.82, 2.24) is 19.8 Å². The summed E-state index contributed by atoms with van der Waals surface area (Å²) in [6.07, 6.45) is 1.83. The van der Waals surface area contributed by atoms with E-state index in [2.05, 4.69) is 22.1 Å². The SMILES string of the molecule is CCc1ccc(C(O)CN2CCC(n3c(=O)[nH]c4cc(C(=O)NC)c(F)cc43)CC2)cc1. The Bertz CT molecular complexity index is 1160. The number of rotatable bonds is 6. The molecule has 3 aromatic rings. The Hall–Kier alpha value is -2.97. The lowest BCUT2D eigenvalue weighted by Crippen LogP contribution is -2.39. The highest BCUT2D eigenvalue weighted by Crippen LogP contribution is 2.27. The quantitative estimate of drug-likeness (QED) is 0.550. The smallest absolute Gasteiger partial charge is 0.326 e. The molecule has 1 saturated heterocycles. The number of hydrogen-bond acceptors (Lipinski definition) is 4. The maximum atomic E-state index is 14.5. The molecule has 1 amide bonds. The third kappa shape index (κ3) is 4.33. The molecule has 3 N–H and O–H groups in total. The summed E-state index contributed by atoms with van der Waals surface area (Å²) < 4.78 is 16.1. The summed E-state index contributed by atoms with van der Waals surface area (Å²) in [7, 11) is 1.44. The summed E-state index contributed by atoms with van der Waals surface area (Å²) in [5.41, 5.74) is 2.66. The zero-order chi connectivity index (χ0) is 22.8. The number of aromatic nitrogens is 2. The van der Waals surface area contributed by atoms with Gasteiger partial charge in [-0.3, -0.25) is 9.36 Å². The molecule has 2 heterocycles. The molecule has 0 spiro atoms. The Labute approximate surface area is 185 Å². The summed E-state index contributed by atoms with van der Waals surface area (Å²) in [5.74, 6) is -1.19. The van der Waals surface area contributed by atoms with E-state index < -0.39 is 17.8 Å². The molecule has 32 heavy (non-hydrogen) atoms. The summed E-state index contributed by atoms with van der Waals surface area (Å²) >= 11 is 0. The molecule has 1 aromatic heterocycles. The van der Waals surface area contributed by atoms with Gasteiger partial charge in [0, 0.05) is 38.8 Å². The number of imidazole rings is 1. The van der Waals surface area contributed by atoms with E-state index in [4.69, 9.17) is 0 Å². The topological polar surface area (TPSA) is 90.4 Å². The van der Waals surface area contributed by atoms with Crippen molar-refractivity contribution in [3.05, 3.63) is 69.4 Å². The molecule has 8 heteroatoms. The molecule has 0 bridgehead atoms. The fraction of sp³-hybridized carbons (Fsp3) is 0.417. The highest BCUT2D eigenvalue weighted by Gasteiger charge is 2.26. The number of nitrogens with zero attached hydrogens (tertiary/aromatic N) is 2. The first kappa shape index (κ1) is 22.2. The van der Waals surface area contributed by atoms with Gasteiger partial charge in [0.2, 0.25) is 0 Å². The van der Waals surface area contributed by atoms with Crippen LogP contribution in [0.3, 0.4) is 0 Å². The molecule has 2 aromatic carbocycles. The number of aliphatic hydroxyl groups excluding tert-OH is 1. The summed E-state index contributed by atoms with van der Waals surface area (Å²) in [6.45, 7) is 4.09. The van der Waals surface area contributed by atoms with Crippen molar-refractivity contribution < 1.29 is 14.3 Å². The predicted octanol–water partition coefficient (Wildman–Crippen LogP) is 2.76. The number of fused-ring (bicyclic) bond motifs is 1. The largest absolute Gasteiger partial charge is 0.387 e. The maximum absolute atomic E-state index is 14.5. The first-order chi connectivity index (χ1) is 15.4. The van der Waals surface area contributed by atoms with Crippen LogP contribution in [-0.2, 0) is 6.42 Å². The van der Waals surface area contributed by atoms with Crippen LogP contribution in [0.15, 0.2) is 41.2 Å². The van der Waals surface area contributed by atoms with E-state index in [1.807, 2.05) is 24.3 Å². The van der Waals surface area contributed by atoms with E-state index in [-0.39, 0.29) is 17.3 Å². The number of amides is 1. The fourth-order valence-electron chi connectivity index (χ4n) is 4.50. The molecule has 1 atom stereocenters. The normalized spacial score (nSPS) is 16.4. The fourth-order valence-corrected chi connectivity index (χ4v) is 4.50. The average Bonchev–Trinajstić information content (AvgIpc) is 3.13. The Morgan fingerprint density at radius 1 is 1.25 bits per heavy atom. The second-order valence-corrected chi connectivity index (χ2v) is 8.37. The maximum Gasteiger partial charge on any atom is 0.326 e. The van der Waals surface area contributed by atoms with Gasteiger partial charge in [-0.15, -0.1) is 0 Å². The zero-order valence-electron chi connectivity index (χ0n) is 18.4. The van der Waals surface area contributed by atoms with Crippen molar-refractivity contribution in [1.29, 1.82) is 0 Å². The van der Waals surface area contributed by atoms with Gasteiger partial charge in [0.25, 0.3) is 5.91 Å². The molecule has 1 aliphatic heterocycles. The van der Waals surface area contributed by atoms with Gasteiger partial charge in [0.15, 0.2) is 0 Å². The first-order valence-electron chi connectivity index (χ1n) is 11.1. The zero-order valence-corrected chi connectivity index (χ0v) is 18.4. The van der Waals surface area contributed by atoms with Crippen molar-refractivity contribution in [2.45, 2.75) is 38.3 Å². The van der Waals surface area contributed by atoms with Crippen LogP contribution in [0.1, 0.15) is 53.4 Å². The Morgan fingerprint density at radius 2 is 1.94 bits per heavy atom. The van der Waals surface area contributed by atoms with Crippen LogP contribution in [0.5, 0.6) is 0 Å². The lowest BCUT2D eigenvalue weighted by Gasteiger charge is -2.33. The van der Waals surface area contributed by atoms with Crippen LogP contribution >= 0.6 is 0 Å². The van der Waals surface area contributed by atoms with Crippen molar-refractivity contribution in [2.24, 2.45) is 0 Å². The number of carbonyl (C=O) groups is 1. The molecule has 1 unspecified atom stereocenters. The Kier molecular flexibility index (Phi) is 6.43. The first-order valence-corrected chi connectivity index (χ1v) is 11.1. The van der Waals surface area contributed by atoms with Gasteiger partial charge >= 0.3 is 5.69 Å². The van der Waals surface area contributed by atoms with Crippen LogP contribution in [0, 0.1) is 5.82 Å². The number of H-pyrrole nitrogens is 1. The number of hydrogen-bond donors (Lipinski definition) is 3. The number of benzene rings is 2. The highest BCUT2D eigenvalue weighted by molar-refractivity contribution is 5.97. The van der Waals surface area contributed by atoms with Crippen LogP contribution in [0.2, 0.25) is 0 Å². The lowest BCUT2D eigenvalue weighted by molar-refractivity contribution is 0.0906. The number of nitrogens with one attached hydrogen (secondary N) is 2. The third-order valence-electron chi connectivity index (χ3n) is 6.40. The monoisotopic (exact) mass is 440 g/mol. The van der Waals surface area contributed by atoms with E-state index in [0.717, 1.165) is 25.1 Å². The summed E-state index contributed by atoms with van der Waals surface area (Å²) in [4.78, 5) is 29.4. The van der Waals surface area contributed by atoms with Crippen molar-refractivity contribution in [3.8, 4) is 0 Å². The van der Waals surface area contributed by atoms with E-state index >= 15 is 0 Å². The number of likely N-dealkylation sites (tertiary alicyclic amines) is 1. The Morgan fingerprint density at radius 3 is 2.56 bits per heavy atom. The second kappa shape index (κ2) is 9.26. The number of piperidine rings is 1. The number of aryl methyl sites for hydroxylation is 1. The Balaban J connectivity index is 1.45. The average molecular weight is 441 g/mol. The van der Waals surface area contributed by atoms with Gasteiger partial charge in [-0.25, -0.2) is 9.18 Å². The lowest BCUT2D eigenvalue weighted by atomic mass is 10.0. The van der Waals surface area contributed by atoms with Crippen LogP contribution in [0.25, 0.3) is 11.0 Å². The van der Waals surface area contributed by atoms with Crippen LogP contribution in [-0.4, -0.2) is 52.1 Å². The van der Waals surface area contributed by atoms with Gasteiger partial charge in [-0.2, -0.15) is 0 Å². The van der Waals surface area contributed by atoms with Gasteiger partial charge < -0.3 is 20.3 Å². The van der Waals surface area contributed by atoms with Crippen molar-refractivity contribution >= 4 is 16.9 Å². The number of aliphatic hydroxyl groups is 1. The van der Waals surface area contributed by atoms with Crippen molar-refractivity contribution in [3.63, 3.8) is 0 Å². The number of aromatic amines is 1. The number of carbonyl (C=O) groups excluding carboxylic acids is 1. The van der Waals surface area contributed by atoms with Gasteiger partial charge in [-0.05, 0) is 36.5 Å². The van der Waals surface area contributed by atoms with E-state index in [1.165, 1.54) is 24.7 Å². The minimum atomic E-state index is -0.653. The molecule has 0 aliphatic carbocycles. The predicted molar refractivity (Wildman–Crippen MR) is 121 cm³/mol. The highest BCUT2D eigenvalue weighted by atomic mass is 19.1. The third-order valence-corrected chi connectivity index (χ3v) is 6.40. The van der Waals surface area contributed by atoms with Crippen LogP contribution < -0.4 is 11.0 Å². The van der Waals surface area contributed by atoms with Crippen molar-refractivity contribution in [2.75, 3.05) is 26.7 Å². The molecule has 1 aliphatic rings. The standard InChI is InChI=1S/C24H29FN4O3/c1-3-15-4-6-16(7-5-15)22(30)14-28-10-8-17(9-11-28)29-21-13-19(25)18(23(31)26-2)12-20(21)27-24(29)32/h4-7,12-13,17,22,30H,3,8-11,14H2,1-2H3,(H,26,31)(H,27,32). The number of β-amino-alcohol motifs (C(OH)–C–C–N with tert-alkyl or cyclic N) is 1. The molecule has 4 rings (SSSR count). The van der Waals surface area contributed by atoms with Gasteiger partial charge in [0.05, 0.1) is 22.7 Å². The minimum Gasteiger partial charge on any atom is -0.387 e. The minimum absolute atomic E-state index is 0.0706. The molecule has 0 saturated carbocycles. The molecular formula is C24H29FN4O3. The molecular weight excluding hydrogens is 411 g/mol. The van der Waals surface area contributed by atoms with Crippen LogP contribution in [0.4, 0.5) is 4.39 Å². The van der Waals surface area contributed by atoms with E-state index in [9.17, 15) is 19.1 Å². The molecule has 7 nitrogen and oxygen atoms in total. The second-order valence-electron chi connectivity index (χ2n) is 8.37. The molecule has 0 radical (unpaired) electrons. The molecule has 170 valence electrons. The summed E-state index contributed by atoms with van der Waals surface area (Å²) in [6, 6.07) is 10.6. The number of halogens is 1. The van der Waals surface area contributed by atoms with Gasteiger partial charge in [0.1, 0.15) is 5.82 Å². The summed E-state index contributed by atoms with van der Waals surface area (Å²) in [5, 5.41) is 13.0. The molecule has 1 fully saturated rings.